The third-order valence-corrected chi connectivity index (χ3v) is 9.00. The highest BCUT2D eigenvalue weighted by Gasteiger charge is 2.34. The minimum atomic E-state index is -4.33. The first kappa shape index (κ1) is 33.2. The monoisotopic (exact) mass is 637 g/mol. The van der Waals surface area contributed by atoms with Gasteiger partial charge in [-0.25, -0.2) is 12.8 Å². The molecule has 0 fully saturated rings. The Morgan fingerprint density at radius 3 is 2.10 bits per heavy atom. The lowest BCUT2D eigenvalue weighted by Crippen LogP contribution is -2.52. The van der Waals surface area contributed by atoms with Crippen molar-refractivity contribution in [1.82, 2.24) is 10.2 Å². The molecule has 42 heavy (non-hydrogen) atoms. The van der Waals surface area contributed by atoms with Crippen LogP contribution in [0.5, 0.6) is 5.75 Å². The minimum absolute atomic E-state index is 0.0635. The van der Waals surface area contributed by atoms with E-state index < -0.39 is 40.2 Å². The Hall–Kier alpha value is -3.34. The Morgan fingerprint density at radius 2 is 1.57 bits per heavy atom. The fraction of sp³-hybridized carbons (Fsp3) is 0.333. The van der Waals surface area contributed by atoms with Gasteiger partial charge in [0.05, 0.1) is 17.7 Å². The van der Waals surface area contributed by atoms with E-state index in [-0.39, 0.29) is 29.5 Å². The van der Waals surface area contributed by atoms with E-state index >= 15 is 0 Å². The van der Waals surface area contributed by atoms with Crippen molar-refractivity contribution in [3.05, 3.63) is 88.2 Å². The average Bonchev–Trinajstić information content (AvgIpc) is 2.96. The van der Waals surface area contributed by atoms with Crippen LogP contribution in [0.25, 0.3) is 0 Å². The number of nitrogens with one attached hydrogen (secondary N) is 1. The number of anilines is 1. The van der Waals surface area contributed by atoms with Gasteiger partial charge in [0.1, 0.15) is 24.2 Å². The largest absolute Gasteiger partial charge is 0.497 e. The summed E-state index contributed by atoms with van der Waals surface area (Å²) in [6, 6.07) is 14.3. The number of hydrogen-bond donors (Lipinski definition) is 1. The normalized spacial score (nSPS) is 12.1. The van der Waals surface area contributed by atoms with E-state index in [1.165, 1.54) is 48.4 Å². The van der Waals surface area contributed by atoms with Crippen molar-refractivity contribution in [3.8, 4) is 5.75 Å². The minimum Gasteiger partial charge on any atom is -0.497 e. The molecule has 1 atom stereocenters. The lowest BCUT2D eigenvalue weighted by atomic mass is 10.1. The number of amides is 2. The van der Waals surface area contributed by atoms with Crippen LogP contribution in [-0.4, -0.2) is 51.4 Å². The summed E-state index contributed by atoms with van der Waals surface area (Å²) in [6.07, 6.45) is 0.236. The molecular weight excluding hydrogens is 604 g/mol. The molecule has 3 aromatic carbocycles. The zero-order chi connectivity index (χ0) is 31.0. The Balaban J connectivity index is 2.08. The van der Waals surface area contributed by atoms with Gasteiger partial charge in [-0.3, -0.25) is 13.9 Å². The number of ether oxygens (including phenoxy) is 1. The standard InChI is InChI=1S/C30H34Cl2FN3O5S/c1-5-28(30(38)34-17-20(2)3)35(18-25-26(31)7-6-8-27(25)32)29(37)19-36(22-11-9-21(33)10-12-22)42(39,40)24-15-13-23(41-4)14-16-24/h6-16,20,28H,5,17-19H2,1-4H3,(H,34,38)/t28-/m1/s1. The number of methoxy groups -OCH3 is 1. The highest BCUT2D eigenvalue weighted by molar-refractivity contribution is 7.92. The van der Waals surface area contributed by atoms with Gasteiger partial charge in [-0.1, -0.05) is 50.0 Å². The maximum absolute atomic E-state index is 14.1. The number of sulfonamides is 1. The third kappa shape index (κ3) is 8.14. The van der Waals surface area contributed by atoms with Crippen LogP contribution < -0.4 is 14.4 Å². The van der Waals surface area contributed by atoms with Crippen LogP contribution in [0.1, 0.15) is 32.8 Å². The van der Waals surface area contributed by atoms with Crippen molar-refractivity contribution >= 4 is 50.7 Å². The number of halogens is 3. The summed E-state index contributed by atoms with van der Waals surface area (Å²) < 4.78 is 47.6. The van der Waals surface area contributed by atoms with Gasteiger partial charge in [-0.05, 0) is 73.0 Å². The Bertz CT molecular complexity index is 1470. The van der Waals surface area contributed by atoms with Crippen molar-refractivity contribution in [2.45, 2.75) is 44.7 Å². The van der Waals surface area contributed by atoms with E-state index in [1.807, 2.05) is 13.8 Å². The lowest BCUT2D eigenvalue weighted by Gasteiger charge is -2.33. The molecule has 0 spiro atoms. The van der Waals surface area contributed by atoms with Crippen LogP contribution in [0.2, 0.25) is 10.0 Å². The molecule has 0 aliphatic heterocycles. The van der Waals surface area contributed by atoms with Gasteiger partial charge in [-0.15, -0.1) is 0 Å². The molecule has 12 heteroatoms. The first-order valence-corrected chi connectivity index (χ1v) is 15.5. The maximum Gasteiger partial charge on any atom is 0.264 e. The molecule has 0 saturated carbocycles. The van der Waals surface area contributed by atoms with E-state index in [2.05, 4.69) is 5.32 Å². The summed E-state index contributed by atoms with van der Waals surface area (Å²) in [4.78, 5) is 28.6. The second-order valence-corrected chi connectivity index (χ2v) is 12.6. The number of benzene rings is 3. The fourth-order valence-electron chi connectivity index (χ4n) is 4.21. The molecule has 0 bridgehead atoms. The van der Waals surface area contributed by atoms with Crippen LogP contribution in [-0.2, 0) is 26.2 Å². The molecular formula is C30H34Cl2FN3O5S. The van der Waals surface area contributed by atoms with Crippen LogP contribution in [0.4, 0.5) is 10.1 Å². The average molecular weight is 639 g/mol. The van der Waals surface area contributed by atoms with E-state index in [0.717, 1.165) is 16.4 Å². The predicted molar refractivity (Wildman–Crippen MR) is 163 cm³/mol. The second kappa shape index (κ2) is 14.7. The fourth-order valence-corrected chi connectivity index (χ4v) is 6.14. The zero-order valence-corrected chi connectivity index (χ0v) is 26.1. The molecule has 3 aromatic rings. The van der Waals surface area contributed by atoms with Crippen LogP contribution >= 0.6 is 23.2 Å². The Morgan fingerprint density at radius 1 is 0.976 bits per heavy atom. The number of carbonyl (C=O) groups excluding carboxylic acids is 2. The quantitative estimate of drug-likeness (QED) is 0.251. The third-order valence-electron chi connectivity index (χ3n) is 6.50. The lowest BCUT2D eigenvalue weighted by molar-refractivity contribution is -0.140. The summed E-state index contributed by atoms with van der Waals surface area (Å²) in [6.45, 7) is 5.19. The molecule has 0 radical (unpaired) electrons. The summed E-state index contributed by atoms with van der Waals surface area (Å²) in [5.74, 6) is -1.04. The first-order chi connectivity index (χ1) is 19.9. The molecule has 0 saturated heterocycles. The highest BCUT2D eigenvalue weighted by atomic mass is 35.5. The highest BCUT2D eigenvalue weighted by Crippen LogP contribution is 2.29. The van der Waals surface area contributed by atoms with E-state index in [9.17, 15) is 22.4 Å². The SMILES string of the molecule is CC[C@H](C(=O)NCC(C)C)N(Cc1c(Cl)cccc1Cl)C(=O)CN(c1ccc(F)cc1)S(=O)(=O)c1ccc(OC)cc1. The van der Waals surface area contributed by atoms with E-state index in [4.69, 9.17) is 27.9 Å². The summed E-state index contributed by atoms with van der Waals surface area (Å²) in [7, 11) is -2.88. The first-order valence-electron chi connectivity index (χ1n) is 13.3. The number of hydrogen-bond acceptors (Lipinski definition) is 5. The van der Waals surface area contributed by atoms with Crippen LogP contribution in [0.15, 0.2) is 71.6 Å². The molecule has 8 nitrogen and oxygen atoms in total. The molecule has 0 aromatic heterocycles. The van der Waals surface area contributed by atoms with Crippen molar-refractivity contribution in [1.29, 1.82) is 0 Å². The molecule has 0 aliphatic carbocycles. The van der Waals surface area contributed by atoms with Gasteiger partial charge in [0.15, 0.2) is 0 Å². The number of carbonyl (C=O) groups is 2. The van der Waals surface area contributed by atoms with Crippen molar-refractivity contribution in [2.24, 2.45) is 5.92 Å². The molecule has 226 valence electrons. The molecule has 0 aliphatic rings. The van der Waals surface area contributed by atoms with Gasteiger partial charge >= 0.3 is 0 Å². The molecule has 3 rings (SSSR count). The predicted octanol–water partition coefficient (Wildman–Crippen LogP) is 5.92. The zero-order valence-electron chi connectivity index (χ0n) is 23.8. The molecule has 0 unspecified atom stereocenters. The molecule has 2 amide bonds. The summed E-state index contributed by atoms with van der Waals surface area (Å²) in [5, 5.41) is 3.44. The van der Waals surface area contributed by atoms with Gasteiger partial charge in [0, 0.05) is 28.7 Å². The Labute approximate surface area is 256 Å². The van der Waals surface area contributed by atoms with Gasteiger partial charge in [-0.2, -0.15) is 0 Å². The van der Waals surface area contributed by atoms with Crippen molar-refractivity contribution < 1.29 is 27.1 Å². The van der Waals surface area contributed by atoms with E-state index in [1.54, 1.807) is 25.1 Å². The van der Waals surface area contributed by atoms with Gasteiger partial charge < -0.3 is 15.0 Å². The van der Waals surface area contributed by atoms with Crippen molar-refractivity contribution in [3.63, 3.8) is 0 Å². The van der Waals surface area contributed by atoms with E-state index in [0.29, 0.717) is 27.9 Å². The molecule has 0 heterocycles. The maximum atomic E-state index is 14.1. The van der Waals surface area contributed by atoms with Gasteiger partial charge in [0.2, 0.25) is 11.8 Å². The second-order valence-electron chi connectivity index (χ2n) is 9.95. The topological polar surface area (TPSA) is 96.0 Å². The van der Waals surface area contributed by atoms with Crippen LogP contribution in [0.3, 0.4) is 0 Å². The van der Waals surface area contributed by atoms with Crippen LogP contribution in [0, 0.1) is 11.7 Å². The smallest absolute Gasteiger partial charge is 0.264 e. The summed E-state index contributed by atoms with van der Waals surface area (Å²) >= 11 is 12.9. The van der Waals surface area contributed by atoms with Gasteiger partial charge in [0.25, 0.3) is 10.0 Å². The Kier molecular flexibility index (Phi) is 11.6. The number of rotatable bonds is 13. The summed E-state index contributed by atoms with van der Waals surface area (Å²) in [5.41, 5.74) is 0.476. The number of nitrogens with zero attached hydrogens (tertiary/aromatic N) is 2. The molecule has 1 N–H and O–H groups in total. The van der Waals surface area contributed by atoms with Crippen molar-refractivity contribution in [2.75, 3.05) is 24.5 Å².